The van der Waals surface area contributed by atoms with Crippen molar-refractivity contribution in [3.8, 4) is 0 Å². The van der Waals surface area contributed by atoms with Gasteiger partial charge in [0.05, 0.1) is 0 Å². The first-order chi connectivity index (χ1) is 6.27. The van der Waals surface area contributed by atoms with Gasteiger partial charge in [-0.3, -0.25) is 0 Å². The first kappa shape index (κ1) is 9.10. The lowest BCUT2D eigenvalue weighted by molar-refractivity contribution is 0.800. The molecule has 2 rings (SSSR count). The number of hydrogen-bond acceptors (Lipinski definition) is 2. The molecule has 1 aliphatic rings. The van der Waals surface area contributed by atoms with Crippen LogP contribution in [0.1, 0.15) is 30.0 Å². The Bertz CT molecular complexity index is 292. The Labute approximate surface area is 83.7 Å². The Balaban J connectivity index is 2.21. The fourth-order valence-electron chi connectivity index (χ4n) is 1.52. The number of rotatable bonds is 2. The maximum Gasteiger partial charge on any atom is 0.0266 e. The van der Waals surface area contributed by atoms with Gasteiger partial charge in [-0.05, 0) is 18.1 Å². The minimum absolute atomic E-state index is 0.160. The van der Waals surface area contributed by atoms with E-state index >= 15 is 0 Å². The molecule has 1 heterocycles. The van der Waals surface area contributed by atoms with Crippen LogP contribution < -0.4 is 5.73 Å². The van der Waals surface area contributed by atoms with Crippen LogP contribution in [0.2, 0.25) is 0 Å². The smallest absolute Gasteiger partial charge is 0.0266 e. The molecule has 1 aliphatic heterocycles. The van der Waals surface area contributed by atoms with E-state index in [1.165, 1.54) is 22.6 Å². The van der Waals surface area contributed by atoms with E-state index in [1.54, 1.807) is 0 Å². The van der Waals surface area contributed by atoms with Crippen molar-refractivity contribution in [1.29, 1.82) is 0 Å². The number of benzene rings is 1. The molecule has 13 heavy (non-hydrogen) atoms. The molecule has 1 aromatic rings. The molecule has 1 atom stereocenters. The van der Waals surface area contributed by atoms with Gasteiger partial charge in [0, 0.05) is 23.5 Å². The summed E-state index contributed by atoms with van der Waals surface area (Å²) in [4.78, 5) is 0. The number of nitrogens with two attached hydrogens (primary N) is 1. The molecule has 0 bridgehead atoms. The highest BCUT2D eigenvalue weighted by molar-refractivity contribution is 8.00. The SMILES string of the molecule is CC(N)c1cccc(C2CSC2)c1. The van der Waals surface area contributed by atoms with E-state index in [1.807, 2.05) is 18.7 Å². The van der Waals surface area contributed by atoms with Gasteiger partial charge in [0.1, 0.15) is 0 Å². The summed E-state index contributed by atoms with van der Waals surface area (Å²) in [5.74, 6) is 3.34. The van der Waals surface area contributed by atoms with E-state index in [9.17, 15) is 0 Å². The van der Waals surface area contributed by atoms with Gasteiger partial charge in [-0.1, -0.05) is 24.3 Å². The Morgan fingerprint density at radius 1 is 1.46 bits per heavy atom. The van der Waals surface area contributed by atoms with Crippen LogP contribution in [0.25, 0.3) is 0 Å². The van der Waals surface area contributed by atoms with E-state index in [4.69, 9.17) is 5.73 Å². The van der Waals surface area contributed by atoms with E-state index in [2.05, 4.69) is 24.3 Å². The second-order valence-electron chi connectivity index (χ2n) is 3.69. The van der Waals surface area contributed by atoms with Crippen molar-refractivity contribution in [1.82, 2.24) is 0 Å². The topological polar surface area (TPSA) is 26.0 Å². The number of thioether (sulfide) groups is 1. The van der Waals surface area contributed by atoms with Crippen molar-refractivity contribution >= 4 is 11.8 Å². The highest BCUT2D eigenvalue weighted by Gasteiger charge is 2.20. The molecule has 1 saturated heterocycles. The fourth-order valence-corrected chi connectivity index (χ4v) is 2.38. The summed E-state index contributed by atoms with van der Waals surface area (Å²) in [6.45, 7) is 2.04. The first-order valence-electron chi connectivity index (χ1n) is 4.70. The second-order valence-corrected chi connectivity index (χ2v) is 4.77. The zero-order valence-corrected chi connectivity index (χ0v) is 8.68. The summed E-state index contributed by atoms with van der Waals surface area (Å²) >= 11 is 2.02. The van der Waals surface area contributed by atoms with Gasteiger partial charge in [0.25, 0.3) is 0 Å². The monoisotopic (exact) mass is 193 g/mol. The quantitative estimate of drug-likeness (QED) is 0.781. The van der Waals surface area contributed by atoms with E-state index in [-0.39, 0.29) is 6.04 Å². The second kappa shape index (κ2) is 3.72. The van der Waals surface area contributed by atoms with E-state index in [0.29, 0.717) is 0 Å². The van der Waals surface area contributed by atoms with Crippen LogP contribution in [0.3, 0.4) is 0 Å². The summed E-state index contributed by atoms with van der Waals surface area (Å²) in [6.07, 6.45) is 0. The molecular formula is C11H15NS. The Kier molecular flexibility index (Phi) is 2.61. The van der Waals surface area contributed by atoms with Crippen molar-refractivity contribution in [2.24, 2.45) is 5.73 Å². The average molecular weight is 193 g/mol. The molecule has 0 saturated carbocycles. The average Bonchev–Trinajstić information content (AvgIpc) is 2.01. The van der Waals surface area contributed by atoms with Gasteiger partial charge in [-0.25, -0.2) is 0 Å². The standard InChI is InChI=1S/C11H15NS/c1-8(12)9-3-2-4-10(5-9)11-6-13-7-11/h2-5,8,11H,6-7,12H2,1H3. The van der Waals surface area contributed by atoms with Gasteiger partial charge in [0.15, 0.2) is 0 Å². The Morgan fingerprint density at radius 3 is 2.77 bits per heavy atom. The minimum atomic E-state index is 0.160. The third kappa shape index (κ3) is 1.89. The van der Waals surface area contributed by atoms with Crippen molar-refractivity contribution in [2.75, 3.05) is 11.5 Å². The molecule has 2 heteroatoms. The Morgan fingerprint density at radius 2 is 2.23 bits per heavy atom. The van der Waals surface area contributed by atoms with Crippen LogP contribution in [-0.4, -0.2) is 11.5 Å². The molecule has 0 amide bonds. The minimum Gasteiger partial charge on any atom is -0.324 e. The summed E-state index contributed by atoms with van der Waals surface area (Å²) in [5.41, 5.74) is 8.56. The van der Waals surface area contributed by atoms with Crippen molar-refractivity contribution < 1.29 is 0 Å². The number of hydrogen-bond donors (Lipinski definition) is 1. The molecule has 1 nitrogen and oxygen atoms in total. The summed E-state index contributed by atoms with van der Waals surface area (Å²) < 4.78 is 0. The third-order valence-corrected chi connectivity index (χ3v) is 3.82. The molecule has 1 fully saturated rings. The summed E-state index contributed by atoms with van der Waals surface area (Å²) in [5, 5.41) is 0. The first-order valence-corrected chi connectivity index (χ1v) is 5.86. The van der Waals surface area contributed by atoms with Gasteiger partial charge in [-0.2, -0.15) is 11.8 Å². The maximum atomic E-state index is 5.84. The molecule has 0 radical (unpaired) electrons. The lowest BCUT2D eigenvalue weighted by Crippen LogP contribution is -2.16. The molecule has 0 aliphatic carbocycles. The zero-order valence-electron chi connectivity index (χ0n) is 7.86. The van der Waals surface area contributed by atoms with Crippen molar-refractivity contribution in [3.05, 3.63) is 35.4 Å². The van der Waals surface area contributed by atoms with Crippen LogP contribution in [0, 0.1) is 0 Å². The van der Waals surface area contributed by atoms with Crippen LogP contribution in [0.4, 0.5) is 0 Å². The maximum absolute atomic E-state index is 5.84. The lowest BCUT2D eigenvalue weighted by Gasteiger charge is -2.25. The highest BCUT2D eigenvalue weighted by Crippen LogP contribution is 2.34. The van der Waals surface area contributed by atoms with Gasteiger partial charge < -0.3 is 5.73 Å². The molecule has 1 aromatic carbocycles. The van der Waals surface area contributed by atoms with Crippen LogP contribution >= 0.6 is 11.8 Å². The van der Waals surface area contributed by atoms with E-state index < -0.39 is 0 Å². The normalized spacial score (nSPS) is 19.5. The molecule has 0 spiro atoms. The lowest BCUT2D eigenvalue weighted by atomic mass is 9.98. The van der Waals surface area contributed by atoms with Crippen molar-refractivity contribution in [2.45, 2.75) is 18.9 Å². The molecule has 0 aromatic heterocycles. The zero-order chi connectivity index (χ0) is 9.26. The largest absolute Gasteiger partial charge is 0.324 e. The predicted molar refractivity (Wildman–Crippen MR) is 59.1 cm³/mol. The van der Waals surface area contributed by atoms with Crippen LogP contribution in [0.15, 0.2) is 24.3 Å². The summed E-state index contributed by atoms with van der Waals surface area (Å²) in [7, 11) is 0. The molecule has 1 unspecified atom stereocenters. The highest BCUT2D eigenvalue weighted by atomic mass is 32.2. The molecule has 70 valence electrons. The van der Waals surface area contributed by atoms with Gasteiger partial charge in [0.2, 0.25) is 0 Å². The molecule has 2 N–H and O–H groups in total. The third-order valence-electron chi connectivity index (χ3n) is 2.55. The summed E-state index contributed by atoms with van der Waals surface area (Å²) in [6, 6.07) is 8.87. The van der Waals surface area contributed by atoms with Crippen LogP contribution in [0.5, 0.6) is 0 Å². The van der Waals surface area contributed by atoms with E-state index in [0.717, 1.165) is 5.92 Å². The van der Waals surface area contributed by atoms with Crippen LogP contribution in [-0.2, 0) is 0 Å². The van der Waals surface area contributed by atoms with Crippen molar-refractivity contribution in [3.63, 3.8) is 0 Å². The van der Waals surface area contributed by atoms with Gasteiger partial charge in [-0.15, -0.1) is 0 Å². The predicted octanol–water partition coefficient (Wildman–Crippen LogP) is 2.54. The Hall–Kier alpha value is -0.470. The molecular weight excluding hydrogens is 178 g/mol. The fraction of sp³-hybridized carbons (Fsp3) is 0.455. The van der Waals surface area contributed by atoms with Gasteiger partial charge >= 0.3 is 0 Å².